The molecular formula is CH3ClN2O2. The van der Waals surface area contributed by atoms with Crippen LogP contribution in [0, 0.1) is 10.1 Å². The molecule has 4 nitrogen and oxygen atoms in total. The second kappa shape index (κ2) is 2.71. The number of nitrogens with one attached hydrogen (secondary N) is 1. The van der Waals surface area contributed by atoms with Crippen LogP contribution in [0.3, 0.4) is 0 Å². The van der Waals surface area contributed by atoms with Gasteiger partial charge in [0.25, 0.3) is 0 Å². The summed E-state index contributed by atoms with van der Waals surface area (Å²) < 4.78 is 0. The van der Waals surface area contributed by atoms with Crippen molar-refractivity contribution in [1.82, 2.24) is 5.43 Å². The highest BCUT2D eigenvalue weighted by Gasteiger charge is 1.82. The van der Waals surface area contributed by atoms with Crippen molar-refractivity contribution < 1.29 is 5.03 Å². The van der Waals surface area contributed by atoms with Gasteiger partial charge in [0, 0.05) is 0 Å². The molecule has 0 aliphatic carbocycles. The molecule has 0 saturated heterocycles. The smallest absolute Gasteiger partial charge is 0.158 e. The van der Waals surface area contributed by atoms with E-state index in [0.717, 1.165) is 0 Å². The first-order chi connectivity index (χ1) is 2.77. The molecule has 0 aromatic carbocycles. The van der Waals surface area contributed by atoms with Gasteiger partial charge < -0.3 is 0 Å². The Hall–Kier alpha value is -0.510. The summed E-state index contributed by atoms with van der Waals surface area (Å²) in [7, 11) is 0. The van der Waals surface area contributed by atoms with Crippen molar-refractivity contribution in [3.8, 4) is 0 Å². The fourth-order valence-corrected chi connectivity index (χ4v) is 0.146. The molecule has 0 atom stereocenters. The lowest BCUT2D eigenvalue weighted by Crippen LogP contribution is -2.18. The van der Waals surface area contributed by atoms with Crippen LogP contribution in [0.2, 0.25) is 0 Å². The van der Waals surface area contributed by atoms with Gasteiger partial charge in [-0.25, -0.2) is 10.1 Å². The molecule has 1 N–H and O–H groups in total. The maximum atomic E-state index is 9.21. The molecule has 0 fully saturated rings. The minimum absolute atomic E-state index is 0.146. The largest absolute Gasteiger partial charge is 0.235 e. The maximum absolute atomic E-state index is 9.21. The van der Waals surface area contributed by atoms with Gasteiger partial charge in [0.05, 0.1) is 0 Å². The number of nitrogens with zero attached hydrogens (tertiary/aromatic N) is 1. The minimum Gasteiger partial charge on any atom is -0.235 e. The van der Waals surface area contributed by atoms with E-state index in [1.54, 1.807) is 5.43 Å². The third-order valence-electron chi connectivity index (χ3n) is 0.189. The standard InChI is InChI=1S/CH3ClN2O2/c2-1-3-4(5)6/h3H,1H2. The first-order valence-electron chi connectivity index (χ1n) is 1.21. The fraction of sp³-hybridized carbons (Fsp3) is 1.00. The van der Waals surface area contributed by atoms with Crippen LogP contribution in [-0.2, 0) is 0 Å². The van der Waals surface area contributed by atoms with E-state index in [4.69, 9.17) is 11.6 Å². The van der Waals surface area contributed by atoms with Crippen molar-refractivity contribution in [2.75, 3.05) is 6.00 Å². The van der Waals surface area contributed by atoms with Crippen LogP contribution in [0.1, 0.15) is 0 Å². The van der Waals surface area contributed by atoms with E-state index >= 15 is 0 Å². The van der Waals surface area contributed by atoms with Crippen molar-refractivity contribution in [3.05, 3.63) is 10.1 Å². The molecule has 6 heavy (non-hydrogen) atoms. The molecule has 0 aliphatic rings. The van der Waals surface area contributed by atoms with Gasteiger partial charge in [0.1, 0.15) is 6.00 Å². The van der Waals surface area contributed by atoms with E-state index < -0.39 is 5.03 Å². The second-order valence-corrected chi connectivity index (χ2v) is 0.816. The Morgan fingerprint density at radius 3 is 2.50 bits per heavy atom. The van der Waals surface area contributed by atoms with Crippen molar-refractivity contribution in [2.45, 2.75) is 0 Å². The van der Waals surface area contributed by atoms with Crippen molar-refractivity contribution >= 4 is 11.6 Å². The fourth-order valence-electron chi connectivity index (χ4n) is 0.0488. The second-order valence-electron chi connectivity index (χ2n) is 0.549. The van der Waals surface area contributed by atoms with Crippen molar-refractivity contribution in [1.29, 1.82) is 0 Å². The zero-order chi connectivity index (χ0) is 4.99. The molecule has 5 heteroatoms. The lowest BCUT2D eigenvalue weighted by molar-refractivity contribution is -0.540. The van der Waals surface area contributed by atoms with Gasteiger partial charge in [0.15, 0.2) is 5.03 Å². The predicted molar refractivity (Wildman–Crippen MR) is 20.9 cm³/mol. The molecule has 0 spiro atoms. The first kappa shape index (κ1) is 5.49. The van der Waals surface area contributed by atoms with Crippen LogP contribution in [0.4, 0.5) is 0 Å². The summed E-state index contributed by atoms with van der Waals surface area (Å²) in [6, 6.07) is -0.146. The lowest BCUT2D eigenvalue weighted by Gasteiger charge is -1.82. The van der Waals surface area contributed by atoms with Gasteiger partial charge in [-0.3, -0.25) is 0 Å². The summed E-state index contributed by atoms with van der Waals surface area (Å²) in [6.07, 6.45) is 0. The molecule has 0 saturated carbocycles. The topological polar surface area (TPSA) is 55.2 Å². The highest BCUT2D eigenvalue weighted by atomic mass is 35.5. The van der Waals surface area contributed by atoms with Gasteiger partial charge in [-0.1, -0.05) is 11.6 Å². The number of hydrazine groups is 1. The van der Waals surface area contributed by atoms with Gasteiger partial charge in [-0.2, -0.15) is 0 Å². The third-order valence-corrected chi connectivity index (χ3v) is 0.308. The summed E-state index contributed by atoms with van der Waals surface area (Å²) in [5.74, 6) is 0. The van der Waals surface area contributed by atoms with Crippen LogP contribution in [-0.4, -0.2) is 11.0 Å². The van der Waals surface area contributed by atoms with Gasteiger partial charge >= 0.3 is 0 Å². The van der Waals surface area contributed by atoms with E-state index in [1.807, 2.05) is 0 Å². The van der Waals surface area contributed by atoms with Crippen LogP contribution in [0.25, 0.3) is 0 Å². The molecule has 36 valence electrons. The quantitative estimate of drug-likeness (QED) is 0.235. The Labute approximate surface area is 39.2 Å². The first-order valence-corrected chi connectivity index (χ1v) is 1.74. The van der Waals surface area contributed by atoms with Crippen LogP contribution >= 0.6 is 11.6 Å². The van der Waals surface area contributed by atoms with E-state index in [1.165, 1.54) is 0 Å². The Bertz CT molecular complexity index is 55.5. The summed E-state index contributed by atoms with van der Waals surface area (Å²) in [4.78, 5) is 9.21. The Morgan fingerprint density at radius 2 is 2.50 bits per heavy atom. The minimum atomic E-state index is -0.701. The molecule has 0 unspecified atom stereocenters. The van der Waals surface area contributed by atoms with Crippen LogP contribution in [0.15, 0.2) is 0 Å². The average Bonchev–Trinajstić information content (AvgIpc) is 1.35. The SMILES string of the molecule is O=[N+]([O-])NCCl. The zero-order valence-corrected chi connectivity index (χ0v) is 3.60. The molecule has 0 radical (unpaired) electrons. The molecule has 0 heterocycles. The Morgan fingerprint density at radius 1 is 2.00 bits per heavy atom. The molecule has 0 aliphatic heterocycles. The normalized spacial score (nSPS) is 7.50. The number of rotatable bonds is 2. The van der Waals surface area contributed by atoms with E-state index in [2.05, 4.69) is 0 Å². The number of hydrogen-bond donors (Lipinski definition) is 1. The summed E-state index contributed by atoms with van der Waals surface area (Å²) in [5.41, 5.74) is 1.70. The molecule has 0 bridgehead atoms. The van der Waals surface area contributed by atoms with E-state index in [9.17, 15) is 10.1 Å². The summed E-state index contributed by atoms with van der Waals surface area (Å²) >= 11 is 4.84. The molecule has 0 rings (SSSR count). The molecule has 0 amide bonds. The maximum Gasteiger partial charge on any atom is 0.158 e. The van der Waals surface area contributed by atoms with Crippen molar-refractivity contribution in [2.24, 2.45) is 0 Å². The van der Waals surface area contributed by atoms with E-state index in [-0.39, 0.29) is 6.00 Å². The number of halogens is 1. The van der Waals surface area contributed by atoms with Crippen LogP contribution in [0.5, 0.6) is 0 Å². The Kier molecular flexibility index (Phi) is 2.48. The number of hydrogen-bond acceptors (Lipinski definition) is 2. The third kappa shape index (κ3) is 3.49. The Balaban J connectivity index is 2.83. The summed E-state index contributed by atoms with van der Waals surface area (Å²) in [5, 5.41) is 8.51. The molecular weight excluding hydrogens is 107 g/mol. The van der Waals surface area contributed by atoms with Gasteiger partial charge in [-0.15, -0.1) is 5.43 Å². The molecule has 0 aromatic heterocycles. The summed E-state index contributed by atoms with van der Waals surface area (Å²) in [6.45, 7) is 0. The predicted octanol–water partition coefficient (Wildman–Crippen LogP) is -0.0360. The number of alkyl halides is 1. The van der Waals surface area contributed by atoms with Crippen LogP contribution < -0.4 is 5.43 Å². The van der Waals surface area contributed by atoms with Crippen molar-refractivity contribution in [3.63, 3.8) is 0 Å². The van der Waals surface area contributed by atoms with Gasteiger partial charge in [0.2, 0.25) is 0 Å². The number of nitro groups is 1. The zero-order valence-electron chi connectivity index (χ0n) is 2.85. The molecule has 0 aromatic rings. The highest BCUT2D eigenvalue weighted by Crippen LogP contribution is 1.62. The monoisotopic (exact) mass is 110 g/mol. The average molecular weight is 111 g/mol. The highest BCUT2D eigenvalue weighted by molar-refractivity contribution is 6.17. The lowest BCUT2D eigenvalue weighted by atomic mass is 11.5. The van der Waals surface area contributed by atoms with Gasteiger partial charge in [-0.05, 0) is 0 Å². The van der Waals surface area contributed by atoms with E-state index in [0.29, 0.717) is 0 Å².